The van der Waals surface area contributed by atoms with Crippen molar-refractivity contribution in [3.05, 3.63) is 34.6 Å². The van der Waals surface area contributed by atoms with Crippen LogP contribution in [0.1, 0.15) is 44.0 Å². The van der Waals surface area contributed by atoms with Crippen LogP contribution in [0.15, 0.2) is 18.2 Å². The molecule has 0 spiro atoms. The molecule has 1 aliphatic rings. The van der Waals surface area contributed by atoms with E-state index in [1.807, 2.05) is 0 Å². The van der Waals surface area contributed by atoms with E-state index in [1.54, 1.807) is 20.8 Å². The van der Waals surface area contributed by atoms with Gasteiger partial charge in [0.2, 0.25) is 5.91 Å². The normalized spacial score (nSPS) is 15.1. The Kier molecular flexibility index (Phi) is 7.23. The Morgan fingerprint density at radius 1 is 1.25 bits per heavy atom. The highest BCUT2D eigenvalue weighted by atomic mass is 35.5. The van der Waals surface area contributed by atoms with Crippen molar-refractivity contribution in [3.8, 4) is 0 Å². The van der Waals surface area contributed by atoms with Crippen molar-refractivity contribution in [2.75, 3.05) is 19.6 Å². The van der Waals surface area contributed by atoms with Crippen molar-refractivity contribution in [2.24, 2.45) is 0 Å². The molecule has 9 heteroatoms. The van der Waals surface area contributed by atoms with Gasteiger partial charge in [-0.3, -0.25) is 9.59 Å². The van der Waals surface area contributed by atoms with E-state index >= 15 is 0 Å². The predicted molar refractivity (Wildman–Crippen MR) is 103 cm³/mol. The first-order valence-electron chi connectivity index (χ1n) is 9.06. The molecule has 0 unspecified atom stereocenters. The maximum atomic E-state index is 13.9. The average molecular weight is 414 g/mol. The lowest BCUT2D eigenvalue weighted by Gasteiger charge is -2.32. The monoisotopic (exact) mass is 413 g/mol. The van der Waals surface area contributed by atoms with Gasteiger partial charge in [0.25, 0.3) is 5.91 Å². The number of alkyl carbamates (subject to hydrolysis) is 1. The topological polar surface area (TPSA) is 87.7 Å². The van der Waals surface area contributed by atoms with Crippen LogP contribution < -0.4 is 10.6 Å². The number of likely N-dealkylation sites (tertiary alicyclic amines) is 1. The van der Waals surface area contributed by atoms with Crippen molar-refractivity contribution in [3.63, 3.8) is 0 Å². The van der Waals surface area contributed by atoms with Gasteiger partial charge in [-0.25, -0.2) is 9.18 Å². The summed E-state index contributed by atoms with van der Waals surface area (Å²) in [6.45, 7) is 5.74. The van der Waals surface area contributed by atoms with Crippen LogP contribution in [0.2, 0.25) is 5.02 Å². The van der Waals surface area contributed by atoms with Gasteiger partial charge < -0.3 is 20.3 Å². The van der Waals surface area contributed by atoms with Gasteiger partial charge in [0.05, 0.1) is 10.6 Å². The van der Waals surface area contributed by atoms with Crippen LogP contribution in [0.4, 0.5) is 9.18 Å². The number of halogens is 2. The van der Waals surface area contributed by atoms with E-state index < -0.39 is 23.4 Å². The van der Waals surface area contributed by atoms with Crippen molar-refractivity contribution in [1.29, 1.82) is 0 Å². The van der Waals surface area contributed by atoms with Crippen LogP contribution in [-0.4, -0.2) is 54.1 Å². The number of nitrogens with one attached hydrogen (secondary N) is 2. The molecule has 0 aliphatic carbocycles. The highest BCUT2D eigenvalue weighted by Gasteiger charge is 2.27. The molecule has 1 fully saturated rings. The van der Waals surface area contributed by atoms with Crippen molar-refractivity contribution in [2.45, 2.75) is 45.3 Å². The van der Waals surface area contributed by atoms with Gasteiger partial charge in [-0.1, -0.05) is 17.7 Å². The highest BCUT2D eigenvalue weighted by molar-refractivity contribution is 6.33. The second-order valence-corrected chi connectivity index (χ2v) is 7.99. The minimum Gasteiger partial charge on any atom is -0.444 e. The first kappa shape index (κ1) is 21.9. The number of benzene rings is 1. The molecule has 0 saturated carbocycles. The number of amides is 3. The number of piperidine rings is 1. The summed E-state index contributed by atoms with van der Waals surface area (Å²) in [4.78, 5) is 37.6. The van der Waals surface area contributed by atoms with Crippen LogP contribution in [0.5, 0.6) is 0 Å². The van der Waals surface area contributed by atoms with E-state index in [4.69, 9.17) is 16.3 Å². The average Bonchev–Trinajstić information content (AvgIpc) is 2.59. The Balaban J connectivity index is 1.78. The van der Waals surface area contributed by atoms with Crippen LogP contribution in [0.3, 0.4) is 0 Å². The Labute approximate surface area is 168 Å². The lowest BCUT2D eigenvalue weighted by atomic mass is 10.0. The zero-order valence-corrected chi connectivity index (χ0v) is 16.9. The van der Waals surface area contributed by atoms with E-state index in [2.05, 4.69) is 10.6 Å². The molecule has 154 valence electrons. The summed E-state index contributed by atoms with van der Waals surface area (Å²) in [7, 11) is 0. The molecule has 1 saturated heterocycles. The van der Waals surface area contributed by atoms with Crippen LogP contribution in [-0.2, 0) is 9.53 Å². The van der Waals surface area contributed by atoms with Crippen LogP contribution in [0, 0.1) is 5.82 Å². The lowest BCUT2D eigenvalue weighted by molar-refractivity contribution is -0.121. The molecule has 1 heterocycles. The Morgan fingerprint density at radius 3 is 2.46 bits per heavy atom. The molecule has 1 aromatic rings. The summed E-state index contributed by atoms with van der Waals surface area (Å²) in [5, 5.41) is 5.28. The van der Waals surface area contributed by atoms with Crippen LogP contribution in [0.25, 0.3) is 0 Å². The molecule has 0 atom stereocenters. The van der Waals surface area contributed by atoms with Crippen LogP contribution >= 0.6 is 11.6 Å². The second kappa shape index (κ2) is 9.23. The number of ether oxygens (including phenoxy) is 1. The quantitative estimate of drug-likeness (QED) is 0.794. The number of nitrogens with zero attached hydrogens (tertiary/aromatic N) is 1. The zero-order chi connectivity index (χ0) is 20.9. The van der Waals surface area contributed by atoms with Crippen molar-refractivity contribution < 1.29 is 23.5 Å². The Morgan fingerprint density at radius 2 is 1.89 bits per heavy atom. The van der Waals surface area contributed by atoms with E-state index in [9.17, 15) is 18.8 Å². The van der Waals surface area contributed by atoms with E-state index in [-0.39, 0.29) is 29.1 Å². The number of carbonyl (C=O) groups is 3. The molecule has 7 nitrogen and oxygen atoms in total. The fourth-order valence-electron chi connectivity index (χ4n) is 2.83. The fraction of sp³-hybridized carbons (Fsp3) is 0.526. The minimum absolute atomic E-state index is 0.0774. The predicted octanol–water partition coefficient (Wildman–Crippen LogP) is 2.72. The first-order valence-corrected chi connectivity index (χ1v) is 9.44. The van der Waals surface area contributed by atoms with Crippen molar-refractivity contribution in [1.82, 2.24) is 15.5 Å². The summed E-state index contributed by atoms with van der Waals surface area (Å²) < 4.78 is 19.0. The third-order valence-corrected chi connectivity index (χ3v) is 4.43. The molecule has 1 aliphatic heterocycles. The number of rotatable bonds is 4. The smallest absolute Gasteiger partial charge is 0.408 e. The van der Waals surface area contributed by atoms with Gasteiger partial charge >= 0.3 is 6.09 Å². The minimum atomic E-state index is -0.662. The lowest BCUT2D eigenvalue weighted by Crippen LogP contribution is -2.49. The summed E-state index contributed by atoms with van der Waals surface area (Å²) in [6, 6.07) is 3.99. The van der Waals surface area contributed by atoms with Gasteiger partial charge in [0.1, 0.15) is 18.0 Å². The number of hydrogen-bond acceptors (Lipinski definition) is 4. The van der Waals surface area contributed by atoms with Gasteiger partial charge in [-0.15, -0.1) is 0 Å². The molecule has 2 rings (SSSR count). The van der Waals surface area contributed by atoms with Gasteiger partial charge in [-0.2, -0.15) is 0 Å². The molecule has 1 aromatic carbocycles. The summed E-state index contributed by atoms with van der Waals surface area (Å²) in [5.41, 5.74) is -0.769. The molecular weight excluding hydrogens is 389 g/mol. The van der Waals surface area contributed by atoms with Gasteiger partial charge in [0, 0.05) is 19.1 Å². The number of carbonyl (C=O) groups excluding carboxylic acids is 3. The van der Waals surface area contributed by atoms with Gasteiger partial charge in [-0.05, 0) is 45.7 Å². The third kappa shape index (κ3) is 6.37. The molecule has 3 amide bonds. The first-order chi connectivity index (χ1) is 13.1. The highest BCUT2D eigenvalue weighted by Crippen LogP contribution is 2.22. The SMILES string of the molecule is CC(C)(C)OC(=O)NCC(=O)NC1CCN(C(=O)c2c(F)cccc2Cl)CC1. The van der Waals surface area contributed by atoms with E-state index in [0.717, 1.165) is 0 Å². The largest absolute Gasteiger partial charge is 0.444 e. The number of hydrogen-bond donors (Lipinski definition) is 2. The molecule has 2 N–H and O–H groups in total. The summed E-state index contributed by atoms with van der Waals surface area (Å²) in [6.07, 6.45) is 0.385. The maximum absolute atomic E-state index is 13.9. The molecule has 0 bridgehead atoms. The molecular formula is C19H25ClFN3O4. The standard InChI is InChI=1S/C19H25ClFN3O4/c1-19(2,3)28-18(27)22-11-15(25)23-12-7-9-24(10-8-12)17(26)16-13(20)5-4-6-14(16)21/h4-6,12H,7-11H2,1-3H3,(H,22,27)(H,23,25). The van der Waals surface area contributed by atoms with Crippen molar-refractivity contribution >= 4 is 29.5 Å². The maximum Gasteiger partial charge on any atom is 0.408 e. The zero-order valence-electron chi connectivity index (χ0n) is 16.2. The van der Waals surface area contributed by atoms with Gasteiger partial charge in [0.15, 0.2) is 0 Å². The Bertz CT molecular complexity index is 723. The Hall–Kier alpha value is -2.35. The summed E-state index contributed by atoms with van der Waals surface area (Å²) in [5.74, 6) is -1.45. The molecule has 0 aromatic heterocycles. The van der Waals surface area contributed by atoms with E-state index in [0.29, 0.717) is 25.9 Å². The fourth-order valence-corrected chi connectivity index (χ4v) is 3.08. The summed E-state index contributed by atoms with van der Waals surface area (Å²) >= 11 is 5.95. The molecule has 0 radical (unpaired) electrons. The second-order valence-electron chi connectivity index (χ2n) is 7.59. The van der Waals surface area contributed by atoms with E-state index in [1.165, 1.54) is 23.1 Å². The third-order valence-electron chi connectivity index (χ3n) is 4.12. The molecule has 28 heavy (non-hydrogen) atoms.